The molecule has 1 unspecified atom stereocenters. The van der Waals surface area contributed by atoms with Crippen molar-refractivity contribution in [1.29, 1.82) is 0 Å². The first-order chi connectivity index (χ1) is 12.2. The molecular weight excluding hydrogens is 358 g/mol. The summed E-state index contributed by atoms with van der Waals surface area (Å²) < 4.78 is 11.3. The molecule has 0 radical (unpaired) electrons. The number of amides is 1. The van der Waals surface area contributed by atoms with E-state index in [-0.39, 0.29) is 11.2 Å². The quantitative estimate of drug-likeness (QED) is 0.885. The highest BCUT2D eigenvalue weighted by molar-refractivity contribution is 8.01. The molecule has 25 heavy (non-hydrogen) atoms. The third-order valence-corrected chi connectivity index (χ3v) is 5.87. The first kappa shape index (κ1) is 16.6. The maximum atomic E-state index is 12.5. The van der Waals surface area contributed by atoms with E-state index in [1.165, 1.54) is 10.5 Å². The Hall–Kier alpha value is -1.85. The minimum atomic E-state index is -0.0757. The molecule has 0 saturated carbocycles. The van der Waals surface area contributed by atoms with Gasteiger partial charge in [0, 0.05) is 17.9 Å². The Bertz CT molecular complexity index is 786. The van der Waals surface area contributed by atoms with Crippen LogP contribution in [0.3, 0.4) is 0 Å². The second-order valence-electron chi connectivity index (χ2n) is 6.09. The van der Waals surface area contributed by atoms with Crippen LogP contribution in [0.4, 0.5) is 0 Å². The summed E-state index contributed by atoms with van der Waals surface area (Å²) in [5.74, 6) is 1.29. The van der Waals surface area contributed by atoms with Gasteiger partial charge in [0.15, 0.2) is 11.5 Å². The molecule has 0 saturated heterocycles. The van der Waals surface area contributed by atoms with Crippen molar-refractivity contribution in [3.63, 3.8) is 0 Å². The number of hydrogen-bond donors (Lipinski definition) is 1. The van der Waals surface area contributed by atoms with Gasteiger partial charge in [-0.15, -0.1) is 11.8 Å². The predicted molar refractivity (Wildman–Crippen MR) is 98.7 cm³/mol. The van der Waals surface area contributed by atoms with Crippen LogP contribution in [-0.2, 0) is 17.8 Å². The number of hydrogen-bond acceptors (Lipinski definition) is 4. The lowest BCUT2D eigenvalue weighted by Gasteiger charge is -2.13. The molecule has 1 N–H and O–H groups in total. The SMILES string of the molecule is O=C(NCc1cc(Cl)c2c(c1)OCCCO2)C1Cc2ccccc2S1. The third-order valence-electron chi connectivity index (χ3n) is 4.27. The van der Waals surface area contributed by atoms with Crippen molar-refractivity contribution in [2.24, 2.45) is 0 Å². The van der Waals surface area contributed by atoms with Gasteiger partial charge in [0.05, 0.1) is 23.5 Å². The number of carbonyl (C=O) groups excluding carboxylic acids is 1. The van der Waals surface area contributed by atoms with Crippen molar-refractivity contribution in [1.82, 2.24) is 5.32 Å². The fraction of sp³-hybridized carbons (Fsp3) is 0.316. The van der Waals surface area contributed by atoms with E-state index in [1.807, 2.05) is 24.3 Å². The molecule has 2 aromatic carbocycles. The Morgan fingerprint density at radius 1 is 1.24 bits per heavy atom. The zero-order valence-electron chi connectivity index (χ0n) is 13.6. The summed E-state index contributed by atoms with van der Waals surface area (Å²) in [6, 6.07) is 11.9. The first-order valence-corrected chi connectivity index (χ1v) is 9.57. The molecule has 1 atom stereocenters. The highest BCUT2D eigenvalue weighted by atomic mass is 35.5. The second-order valence-corrected chi connectivity index (χ2v) is 7.74. The van der Waals surface area contributed by atoms with Gasteiger partial charge in [-0.3, -0.25) is 4.79 Å². The highest BCUT2D eigenvalue weighted by Gasteiger charge is 2.27. The van der Waals surface area contributed by atoms with E-state index in [9.17, 15) is 4.79 Å². The number of carbonyl (C=O) groups is 1. The Morgan fingerprint density at radius 3 is 2.96 bits per heavy atom. The maximum absolute atomic E-state index is 12.5. The average Bonchev–Trinajstić information content (AvgIpc) is 2.91. The van der Waals surface area contributed by atoms with Crippen molar-refractivity contribution in [2.75, 3.05) is 13.2 Å². The molecule has 0 aromatic heterocycles. The lowest BCUT2D eigenvalue weighted by molar-refractivity contribution is -0.120. The van der Waals surface area contributed by atoms with Gasteiger partial charge in [0.2, 0.25) is 5.91 Å². The molecular formula is C19H18ClNO3S. The molecule has 2 aliphatic heterocycles. The van der Waals surface area contributed by atoms with Crippen LogP contribution in [-0.4, -0.2) is 24.4 Å². The Kier molecular flexibility index (Phi) is 4.77. The van der Waals surface area contributed by atoms with Crippen LogP contribution in [0.25, 0.3) is 0 Å². The summed E-state index contributed by atoms with van der Waals surface area (Å²) in [6.45, 7) is 1.63. The van der Waals surface area contributed by atoms with Crippen LogP contribution >= 0.6 is 23.4 Å². The van der Waals surface area contributed by atoms with E-state index < -0.39 is 0 Å². The Labute approximate surface area is 155 Å². The molecule has 0 bridgehead atoms. The van der Waals surface area contributed by atoms with E-state index >= 15 is 0 Å². The number of halogens is 1. The number of rotatable bonds is 3. The largest absolute Gasteiger partial charge is 0.489 e. The fourth-order valence-corrected chi connectivity index (χ4v) is 4.53. The number of fused-ring (bicyclic) bond motifs is 2. The predicted octanol–water partition coefficient (Wildman–Crippen LogP) is 3.83. The Balaban J connectivity index is 1.41. The molecule has 4 rings (SSSR count). The van der Waals surface area contributed by atoms with Crippen LogP contribution in [0.15, 0.2) is 41.3 Å². The van der Waals surface area contributed by atoms with Crippen LogP contribution < -0.4 is 14.8 Å². The molecule has 2 aromatic rings. The summed E-state index contributed by atoms with van der Waals surface area (Å²) >= 11 is 7.93. The summed E-state index contributed by atoms with van der Waals surface area (Å²) in [6.07, 6.45) is 1.60. The van der Waals surface area contributed by atoms with Gasteiger partial charge in [-0.05, 0) is 35.7 Å². The van der Waals surface area contributed by atoms with Gasteiger partial charge in [0.25, 0.3) is 0 Å². The standard InChI is InChI=1S/C19H18ClNO3S/c20-14-8-12(9-15-18(14)24-7-3-6-23-15)11-21-19(22)17-10-13-4-1-2-5-16(13)25-17/h1-2,4-5,8-9,17H,3,6-7,10-11H2,(H,21,22). The van der Waals surface area contributed by atoms with Gasteiger partial charge in [-0.1, -0.05) is 29.8 Å². The third kappa shape index (κ3) is 3.58. The van der Waals surface area contributed by atoms with Gasteiger partial charge in [0.1, 0.15) is 0 Å². The van der Waals surface area contributed by atoms with Gasteiger partial charge in [-0.25, -0.2) is 0 Å². The zero-order valence-corrected chi connectivity index (χ0v) is 15.2. The maximum Gasteiger partial charge on any atom is 0.234 e. The summed E-state index contributed by atoms with van der Waals surface area (Å²) in [5, 5.41) is 3.45. The molecule has 130 valence electrons. The summed E-state index contributed by atoms with van der Waals surface area (Å²) in [4.78, 5) is 13.7. The molecule has 4 nitrogen and oxygen atoms in total. The smallest absolute Gasteiger partial charge is 0.234 e. The highest BCUT2D eigenvalue weighted by Crippen LogP contribution is 2.38. The molecule has 0 aliphatic carbocycles. The first-order valence-electron chi connectivity index (χ1n) is 8.31. The van der Waals surface area contributed by atoms with E-state index in [2.05, 4.69) is 17.4 Å². The fourth-order valence-electron chi connectivity index (χ4n) is 3.02. The minimum absolute atomic E-state index is 0.0458. The van der Waals surface area contributed by atoms with Crippen LogP contribution in [0.2, 0.25) is 5.02 Å². The zero-order chi connectivity index (χ0) is 17.2. The number of ether oxygens (including phenoxy) is 2. The minimum Gasteiger partial charge on any atom is -0.489 e. The second kappa shape index (κ2) is 7.18. The van der Waals surface area contributed by atoms with Crippen molar-refractivity contribution in [2.45, 2.75) is 29.5 Å². The van der Waals surface area contributed by atoms with Gasteiger partial charge < -0.3 is 14.8 Å². The molecule has 6 heteroatoms. The molecule has 2 heterocycles. The van der Waals surface area contributed by atoms with Crippen LogP contribution in [0.1, 0.15) is 17.5 Å². The van der Waals surface area contributed by atoms with E-state index in [0.717, 1.165) is 18.4 Å². The van der Waals surface area contributed by atoms with Gasteiger partial charge in [-0.2, -0.15) is 0 Å². The number of thioether (sulfide) groups is 1. The monoisotopic (exact) mass is 375 g/mol. The van der Waals surface area contributed by atoms with Gasteiger partial charge >= 0.3 is 0 Å². The van der Waals surface area contributed by atoms with Crippen LogP contribution in [0.5, 0.6) is 11.5 Å². The van der Waals surface area contributed by atoms with Crippen molar-refractivity contribution in [3.8, 4) is 11.5 Å². The normalized spacial score (nSPS) is 18.4. The van der Waals surface area contributed by atoms with Crippen molar-refractivity contribution < 1.29 is 14.3 Å². The lowest BCUT2D eigenvalue weighted by Crippen LogP contribution is -2.32. The lowest BCUT2D eigenvalue weighted by atomic mass is 10.1. The van der Waals surface area contributed by atoms with Crippen molar-refractivity contribution >= 4 is 29.3 Å². The van der Waals surface area contributed by atoms with Crippen LogP contribution in [0, 0.1) is 0 Å². The summed E-state index contributed by atoms with van der Waals surface area (Å²) in [5.41, 5.74) is 2.15. The van der Waals surface area contributed by atoms with Crippen molar-refractivity contribution in [3.05, 3.63) is 52.5 Å². The Morgan fingerprint density at radius 2 is 2.08 bits per heavy atom. The molecule has 1 amide bonds. The number of benzene rings is 2. The average molecular weight is 376 g/mol. The molecule has 2 aliphatic rings. The van der Waals surface area contributed by atoms with E-state index in [4.69, 9.17) is 21.1 Å². The topological polar surface area (TPSA) is 47.6 Å². The molecule has 0 spiro atoms. The molecule has 0 fully saturated rings. The van der Waals surface area contributed by atoms with E-state index in [0.29, 0.717) is 36.3 Å². The number of nitrogens with one attached hydrogen (secondary N) is 1. The van der Waals surface area contributed by atoms with E-state index in [1.54, 1.807) is 11.8 Å². The summed E-state index contributed by atoms with van der Waals surface area (Å²) in [7, 11) is 0.